The van der Waals surface area contributed by atoms with Crippen LogP contribution in [0.4, 0.5) is 10.5 Å². The second-order valence-corrected chi connectivity index (χ2v) is 6.05. The molecule has 6 nitrogen and oxygen atoms in total. The molecule has 2 aromatic carbocycles. The van der Waals surface area contributed by atoms with Crippen LogP contribution in [-0.4, -0.2) is 43.1 Å². The summed E-state index contributed by atoms with van der Waals surface area (Å²) in [5.74, 6) is 0.621. The van der Waals surface area contributed by atoms with Gasteiger partial charge in [0.15, 0.2) is 0 Å². The lowest BCUT2D eigenvalue weighted by Gasteiger charge is -2.18. The van der Waals surface area contributed by atoms with Crippen LogP contribution < -0.4 is 15.0 Å². The summed E-state index contributed by atoms with van der Waals surface area (Å²) in [4.78, 5) is 28.0. The van der Waals surface area contributed by atoms with Crippen molar-refractivity contribution in [2.75, 3.05) is 31.1 Å². The quantitative estimate of drug-likeness (QED) is 0.832. The van der Waals surface area contributed by atoms with E-state index in [1.807, 2.05) is 61.5 Å². The topological polar surface area (TPSA) is 61.9 Å². The van der Waals surface area contributed by atoms with Gasteiger partial charge < -0.3 is 15.0 Å². The van der Waals surface area contributed by atoms with Crippen molar-refractivity contribution in [2.45, 2.75) is 13.5 Å². The second-order valence-electron chi connectivity index (χ2n) is 6.05. The zero-order chi connectivity index (χ0) is 18.4. The largest absolute Gasteiger partial charge is 0.494 e. The van der Waals surface area contributed by atoms with Crippen molar-refractivity contribution in [3.05, 3.63) is 60.2 Å². The van der Waals surface area contributed by atoms with E-state index in [1.54, 1.807) is 9.80 Å². The number of anilines is 1. The van der Waals surface area contributed by atoms with Crippen LogP contribution in [0.3, 0.4) is 0 Å². The SMILES string of the molecule is CCOc1ccc(N2CCN(CC(=O)NCc3ccccc3)C2=O)cc1. The summed E-state index contributed by atoms with van der Waals surface area (Å²) in [6.45, 7) is 4.17. The Hall–Kier alpha value is -3.02. The van der Waals surface area contributed by atoms with E-state index in [1.165, 1.54) is 0 Å². The van der Waals surface area contributed by atoms with E-state index < -0.39 is 0 Å². The normalized spacial score (nSPS) is 13.8. The molecule has 6 heteroatoms. The third-order valence-electron chi connectivity index (χ3n) is 4.22. The molecule has 3 rings (SSSR count). The van der Waals surface area contributed by atoms with E-state index >= 15 is 0 Å². The first-order chi connectivity index (χ1) is 12.7. The molecular weight excluding hydrogens is 330 g/mol. The molecule has 2 aromatic rings. The van der Waals surface area contributed by atoms with Gasteiger partial charge in [-0.15, -0.1) is 0 Å². The summed E-state index contributed by atoms with van der Waals surface area (Å²) in [6, 6.07) is 17.0. The number of hydrogen-bond donors (Lipinski definition) is 1. The van der Waals surface area contributed by atoms with E-state index in [0.29, 0.717) is 26.2 Å². The monoisotopic (exact) mass is 353 g/mol. The Morgan fingerprint density at radius 2 is 1.81 bits per heavy atom. The fraction of sp³-hybridized carbons (Fsp3) is 0.300. The molecule has 1 aliphatic heterocycles. The summed E-state index contributed by atoms with van der Waals surface area (Å²) in [7, 11) is 0. The molecule has 1 saturated heterocycles. The van der Waals surface area contributed by atoms with Crippen LogP contribution in [0.2, 0.25) is 0 Å². The van der Waals surface area contributed by atoms with Gasteiger partial charge in [-0.3, -0.25) is 9.69 Å². The number of nitrogens with one attached hydrogen (secondary N) is 1. The smallest absolute Gasteiger partial charge is 0.325 e. The van der Waals surface area contributed by atoms with Crippen LogP contribution in [0.5, 0.6) is 5.75 Å². The van der Waals surface area contributed by atoms with Crippen molar-refractivity contribution in [2.24, 2.45) is 0 Å². The Morgan fingerprint density at radius 3 is 2.50 bits per heavy atom. The predicted octanol–water partition coefficient (Wildman–Crippen LogP) is 2.64. The first kappa shape index (κ1) is 17.8. The van der Waals surface area contributed by atoms with E-state index in [0.717, 1.165) is 17.0 Å². The summed E-state index contributed by atoms with van der Waals surface area (Å²) < 4.78 is 5.42. The third-order valence-corrected chi connectivity index (χ3v) is 4.22. The predicted molar refractivity (Wildman–Crippen MR) is 100 cm³/mol. The van der Waals surface area contributed by atoms with E-state index in [9.17, 15) is 9.59 Å². The maximum atomic E-state index is 12.6. The number of benzene rings is 2. The van der Waals surface area contributed by atoms with Crippen molar-refractivity contribution in [1.29, 1.82) is 0 Å². The van der Waals surface area contributed by atoms with Crippen LogP contribution in [0.1, 0.15) is 12.5 Å². The maximum absolute atomic E-state index is 12.6. The van der Waals surface area contributed by atoms with E-state index in [-0.39, 0.29) is 18.5 Å². The first-order valence-corrected chi connectivity index (χ1v) is 8.77. The van der Waals surface area contributed by atoms with Crippen LogP contribution >= 0.6 is 0 Å². The van der Waals surface area contributed by atoms with Crippen molar-refractivity contribution >= 4 is 17.6 Å². The minimum atomic E-state index is -0.157. The Kier molecular flexibility index (Phi) is 5.73. The zero-order valence-corrected chi connectivity index (χ0v) is 14.9. The molecule has 0 spiro atoms. The Morgan fingerprint density at radius 1 is 1.08 bits per heavy atom. The van der Waals surface area contributed by atoms with Gasteiger partial charge >= 0.3 is 6.03 Å². The number of nitrogens with zero attached hydrogens (tertiary/aromatic N) is 2. The van der Waals surface area contributed by atoms with Crippen molar-refractivity contribution < 1.29 is 14.3 Å². The summed E-state index contributed by atoms with van der Waals surface area (Å²) in [6.07, 6.45) is 0. The Bertz CT molecular complexity index is 747. The molecule has 0 aromatic heterocycles. The number of urea groups is 1. The highest BCUT2D eigenvalue weighted by molar-refractivity contribution is 5.96. The van der Waals surface area contributed by atoms with E-state index in [4.69, 9.17) is 4.74 Å². The highest BCUT2D eigenvalue weighted by atomic mass is 16.5. The maximum Gasteiger partial charge on any atom is 0.325 e. The van der Waals surface area contributed by atoms with Gasteiger partial charge in [0.05, 0.1) is 6.61 Å². The van der Waals surface area contributed by atoms with Crippen molar-refractivity contribution in [3.8, 4) is 5.75 Å². The lowest BCUT2D eigenvalue weighted by Crippen LogP contribution is -2.39. The molecule has 1 N–H and O–H groups in total. The lowest BCUT2D eigenvalue weighted by molar-refractivity contribution is -0.121. The second kappa shape index (κ2) is 8.38. The number of amides is 3. The molecule has 0 unspecified atom stereocenters. The third kappa shape index (κ3) is 4.33. The molecule has 26 heavy (non-hydrogen) atoms. The van der Waals surface area contributed by atoms with Crippen molar-refractivity contribution in [3.63, 3.8) is 0 Å². The molecule has 0 bridgehead atoms. The van der Waals surface area contributed by atoms with Gasteiger partial charge in [-0.05, 0) is 36.8 Å². The first-order valence-electron chi connectivity index (χ1n) is 8.77. The van der Waals surface area contributed by atoms with Gasteiger partial charge in [0, 0.05) is 25.3 Å². The molecule has 0 atom stereocenters. The molecule has 3 amide bonds. The van der Waals surface area contributed by atoms with Gasteiger partial charge in [-0.1, -0.05) is 30.3 Å². The number of hydrogen-bond acceptors (Lipinski definition) is 3. The standard InChI is InChI=1S/C20H23N3O3/c1-2-26-18-10-8-17(9-11-18)23-13-12-22(20(23)25)15-19(24)21-14-16-6-4-3-5-7-16/h3-11H,2,12-15H2,1H3,(H,21,24). The van der Waals surface area contributed by atoms with Crippen molar-refractivity contribution in [1.82, 2.24) is 10.2 Å². The average molecular weight is 353 g/mol. The summed E-state index contributed by atoms with van der Waals surface area (Å²) in [5.41, 5.74) is 1.84. The number of carbonyl (C=O) groups excluding carboxylic acids is 2. The van der Waals surface area contributed by atoms with Crippen LogP contribution in [-0.2, 0) is 11.3 Å². The van der Waals surface area contributed by atoms with Crippen LogP contribution in [0.15, 0.2) is 54.6 Å². The molecule has 1 aliphatic rings. The Labute approximate surface area is 153 Å². The number of carbonyl (C=O) groups is 2. The zero-order valence-electron chi connectivity index (χ0n) is 14.9. The molecule has 1 heterocycles. The van der Waals surface area contributed by atoms with Gasteiger partial charge in [-0.25, -0.2) is 4.79 Å². The molecule has 0 radical (unpaired) electrons. The van der Waals surface area contributed by atoms with E-state index in [2.05, 4.69) is 5.32 Å². The minimum absolute atomic E-state index is 0.0686. The summed E-state index contributed by atoms with van der Waals surface area (Å²) in [5, 5.41) is 2.85. The fourth-order valence-electron chi connectivity index (χ4n) is 2.88. The molecule has 0 aliphatic carbocycles. The molecular formula is C20H23N3O3. The number of rotatable bonds is 7. The fourth-order valence-corrected chi connectivity index (χ4v) is 2.88. The number of ether oxygens (including phenoxy) is 1. The van der Waals surface area contributed by atoms with Crippen LogP contribution in [0.25, 0.3) is 0 Å². The minimum Gasteiger partial charge on any atom is -0.494 e. The lowest BCUT2D eigenvalue weighted by atomic mass is 10.2. The van der Waals surface area contributed by atoms with Gasteiger partial charge in [0.25, 0.3) is 0 Å². The highest BCUT2D eigenvalue weighted by Crippen LogP contribution is 2.23. The van der Waals surface area contributed by atoms with Gasteiger partial charge in [0.2, 0.25) is 5.91 Å². The highest BCUT2D eigenvalue weighted by Gasteiger charge is 2.30. The molecule has 0 saturated carbocycles. The average Bonchev–Trinajstić information content (AvgIpc) is 3.02. The molecule has 1 fully saturated rings. The van der Waals surface area contributed by atoms with Gasteiger partial charge in [0.1, 0.15) is 12.3 Å². The Balaban J connectivity index is 1.52. The summed E-state index contributed by atoms with van der Waals surface area (Å²) >= 11 is 0. The molecule has 136 valence electrons. The van der Waals surface area contributed by atoms with Gasteiger partial charge in [-0.2, -0.15) is 0 Å². The van der Waals surface area contributed by atoms with Crippen LogP contribution in [0, 0.1) is 0 Å².